The number of carbonyl (C=O) groups is 1. The SMILES string of the molecule is CC[C@H](Oc1ccccc1F)C(=O)N1CC[C@@H](N)C1. The van der Waals surface area contributed by atoms with Crippen molar-refractivity contribution in [3.63, 3.8) is 0 Å². The highest BCUT2D eigenvalue weighted by atomic mass is 19.1. The molecule has 2 N–H and O–H groups in total. The number of rotatable bonds is 4. The van der Waals surface area contributed by atoms with E-state index in [-0.39, 0.29) is 17.7 Å². The number of likely N-dealkylation sites (tertiary alicyclic amines) is 1. The average molecular weight is 266 g/mol. The minimum atomic E-state index is -0.651. The summed E-state index contributed by atoms with van der Waals surface area (Å²) >= 11 is 0. The van der Waals surface area contributed by atoms with Gasteiger partial charge in [0.05, 0.1) is 0 Å². The van der Waals surface area contributed by atoms with Gasteiger partial charge in [0, 0.05) is 19.1 Å². The maximum atomic E-state index is 13.5. The van der Waals surface area contributed by atoms with E-state index in [1.165, 1.54) is 12.1 Å². The highest BCUT2D eigenvalue weighted by Crippen LogP contribution is 2.20. The number of ether oxygens (including phenoxy) is 1. The van der Waals surface area contributed by atoms with E-state index in [9.17, 15) is 9.18 Å². The van der Waals surface area contributed by atoms with Crippen molar-refractivity contribution in [2.45, 2.75) is 31.9 Å². The number of nitrogens with two attached hydrogens (primary N) is 1. The van der Waals surface area contributed by atoms with Crippen LogP contribution in [0, 0.1) is 5.82 Å². The smallest absolute Gasteiger partial charge is 0.263 e. The molecule has 0 unspecified atom stereocenters. The molecule has 5 heteroatoms. The summed E-state index contributed by atoms with van der Waals surface area (Å²) in [6.45, 7) is 3.05. The van der Waals surface area contributed by atoms with Crippen LogP contribution in [0.3, 0.4) is 0 Å². The molecule has 1 aromatic rings. The Morgan fingerprint density at radius 1 is 1.58 bits per heavy atom. The minimum Gasteiger partial charge on any atom is -0.478 e. The molecule has 0 aliphatic carbocycles. The van der Waals surface area contributed by atoms with Crippen molar-refractivity contribution >= 4 is 5.91 Å². The van der Waals surface area contributed by atoms with E-state index in [0.717, 1.165) is 6.42 Å². The molecule has 1 saturated heterocycles. The van der Waals surface area contributed by atoms with Crippen LogP contribution in [0.5, 0.6) is 5.75 Å². The van der Waals surface area contributed by atoms with Crippen molar-refractivity contribution in [2.24, 2.45) is 5.73 Å². The van der Waals surface area contributed by atoms with E-state index < -0.39 is 11.9 Å². The van der Waals surface area contributed by atoms with Crippen LogP contribution in [0.4, 0.5) is 4.39 Å². The average Bonchev–Trinajstić information content (AvgIpc) is 2.84. The molecular formula is C14H19FN2O2. The van der Waals surface area contributed by atoms with Crippen LogP contribution < -0.4 is 10.5 Å². The first-order chi connectivity index (χ1) is 9.11. The van der Waals surface area contributed by atoms with Gasteiger partial charge in [0.25, 0.3) is 5.91 Å². The minimum absolute atomic E-state index is 0.0370. The summed E-state index contributed by atoms with van der Waals surface area (Å²) in [6, 6.07) is 6.15. The fourth-order valence-corrected chi connectivity index (χ4v) is 2.19. The number of halogens is 1. The molecule has 1 aromatic carbocycles. The Morgan fingerprint density at radius 3 is 2.89 bits per heavy atom. The Balaban J connectivity index is 2.04. The zero-order chi connectivity index (χ0) is 13.8. The van der Waals surface area contributed by atoms with Gasteiger partial charge in [0.15, 0.2) is 17.7 Å². The molecule has 0 spiro atoms. The summed E-state index contributed by atoms with van der Waals surface area (Å²) < 4.78 is 19.0. The van der Waals surface area contributed by atoms with Gasteiger partial charge in [0.2, 0.25) is 0 Å². The van der Waals surface area contributed by atoms with E-state index in [0.29, 0.717) is 19.5 Å². The molecule has 2 rings (SSSR count). The van der Waals surface area contributed by atoms with Gasteiger partial charge in [-0.15, -0.1) is 0 Å². The second-order valence-corrected chi connectivity index (χ2v) is 4.78. The van der Waals surface area contributed by atoms with Crippen molar-refractivity contribution < 1.29 is 13.9 Å². The Kier molecular flexibility index (Phi) is 4.37. The molecule has 2 atom stereocenters. The third kappa shape index (κ3) is 3.23. The van der Waals surface area contributed by atoms with Crippen LogP contribution in [-0.2, 0) is 4.79 Å². The predicted molar refractivity (Wildman–Crippen MR) is 70.3 cm³/mol. The Labute approximate surface area is 112 Å². The number of hydrogen-bond donors (Lipinski definition) is 1. The summed E-state index contributed by atoms with van der Waals surface area (Å²) in [6.07, 6.45) is 0.656. The highest BCUT2D eigenvalue weighted by molar-refractivity contribution is 5.81. The molecule has 4 nitrogen and oxygen atoms in total. The van der Waals surface area contributed by atoms with E-state index >= 15 is 0 Å². The van der Waals surface area contributed by atoms with Crippen molar-refractivity contribution in [2.75, 3.05) is 13.1 Å². The molecule has 104 valence electrons. The third-order valence-electron chi connectivity index (χ3n) is 3.29. The van der Waals surface area contributed by atoms with Crippen molar-refractivity contribution in [3.8, 4) is 5.75 Å². The molecule has 0 aromatic heterocycles. The second-order valence-electron chi connectivity index (χ2n) is 4.78. The highest BCUT2D eigenvalue weighted by Gasteiger charge is 2.30. The van der Waals surface area contributed by atoms with E-state index in [1.807, 2.05) is 6.92 Å². The monoisotopic (exact) mass is 266 g/mol. The normalized spacial score (nSPS) is 20.4. The zero-order valence-electron chi connectivity index (χ0n) is 11.0. The molecule has 1 fully saturated rings. The lowest BCUT2D eigenvalue weighted by Gasteiger charge is -2.23. The molecule has 19 heavy (non-hydrogen) atoms. The van der Waals surface area contributed by atoms with E-state index in [4.69, 9.17) is 10.5 Å². The fourth-order valence-electron chi connectivity index (χ4n) is 2.19. The molecule has 1 amide bonds. The van der Waals surface area contributed by atoms with Gasteiger partial charge in [-0.2, -0.15) is 0 Å². The van der Waals surface area contributed by atoms with Crippen LogP contribution >= 0.6 is 0 Å². The van der Waals surface area contributed by atoms with Crippen LogP contribution in [0.1, 0.15) is 19.8 Å². The molecular weight excluding hydrogens is 247 g/mol. The standard InChI is InChI=1S/C14H19FN2O2/c1-2-12(14(18)17-8-7-10(16)9-17)19-13-6-4-3-5-11(13)15/h3-6,10,12H,2,7-9,16H2,1H3/t10-,12+/m1/s1. The van der Waals surface area contributed by atoms with Crippen LogP contribution in [-0.4, -0.2) is 36.0 Å². The number of hydrogen-bond acceptors (Lipinski definition) is 3. The number of para-hydroxylation sites is 1. The van der Waals surface area contributed by atoms with Crippen molar-refractivity contribution in [1.82, 2.24) is 4.90 Å². The third-order valence-corrected chi connectivity index (χ3v) is 3.29. The maximum Gasteiger partial charge on any atom is 0.263 e. The number of nitrogens with zero attached hydrogens (tertiary/aromatic N) is 1. The molecule has 0 saturated carbocycles. The van der Waals surface area contributed by atoms with E-state index in [1.54, 1.807) is 17.0 Å². The Morgan fingerprint density at radius 2 is 2.32 bits per heavy atom. The Hall–Kier alpha value is -1.62. The van der Waals surface area contributed by atoms with Gasteiger partial charge in [-0.05, 0) is 25.0 Å². The van der Waals surface area contributed by atoms with Gasteiger partial charge in [0.1, 0.15) is 0 Å². The van der Waals surface area contributed by atoms with Crippen LogP contribution in [0.2, 0.25) is 0 Å². The van der Waals surface area contributed by atoms with Crippen LogP contribution in [0.25, 0.3) is 0 Å². The first kappa shape index (κ1) is 13.8. The fraction of sp³-hybridized carbons (Fsp3) is 0.500. The lowest BCUT2D eigenvalue weighted by Crippen LogP contribution is -2.41. The van der Waals surface area contributed by atoms with Gasteiger partial charge in [-0.25, -0.2) is 4.39 Å². The summed E-state index contributed by atoms with van der Waals surface area (Å²) in [5, 5.41) is 0. The lowest BCUT2D eigenvalue weighted by molar-refractivity contribution is -0.137. The number of carbonyl (C=O) groups excluding carboxylic acids is 1. The topological polar surface area (TPSA) is 55.6 Å². The largest absolute Gasteiger partial charge is 0.478 e. The Bertz CT molecular complexity index is 453. The van der Waals surface area contributed by atoms with Gasteiger partial charge in [-0.3, -0.25) is 4.79 Å². The van der Waals surface area contributed by atoms with Gasteiger partial charge < -0.3 is 15.4 Å². The summed E-state index contributed by atoms with van der Waals surface area (Å²) in [5.74, 6) is -0.447. The number of amides is 1. The molecule has 0 radical (unpaired) electrons. The van der Waals surface area contributed by atoms with Crippen LogP contribution in [0.15, 0.2) is 24.3 Å². The zero-order valence-corrected chi connectivity index (χ0v) is 11.0. The van der Waals surface area contributed by atoms with Gasteiger partial charge >= 0.3 is 0 Å². The molecule has 1 aliphatic heterocycles. The second kappa shape index (κ2) is 6.02. The quantitative estimate of drug-likeness (QED) is 0.899. The first-order valence-electron chi connectivity index (χ1n) is 6.57. The first-order valence-corrected chi connectivity index (χ1v) is 6.57. The van der Waals surface area contributed by atoms with Crippen molar-refractivity contribution in [3.05, 3.63) is 30.1 Å². The molecule has 1 heterocycles. The summed E-state index contributed by atoms with van der Waals surface area (Å²) in [7, 11) is 0. The van der Waals surface area contributed by atoms with Gasteiger partial charge in [-0.1, -0.05) is 19.1 Å². The molecule has 1 aliphatic rings. The summed E-state index contributed by atoms with van der Waals surface area (Å²) in [5.41, 5.74) is 5.79. The number of benzene rings is 1. The maximum absolute atomic E-state index is 13.5. The van der Waals surface area contributed by atoms with Crippen molar-refractivity contribution in [1.29, 1.82) is 0 Å². The predicted octanol–water partition coefficient (Wildman–Crippen LogP) is 1.54. The summed E-state index contributed by atoms with van der Waals surface area (Å²) in [4.78, 5) is 14.0. The lowest BCUT2D eigenvalue weighted by atomic mass is 10.2. The molecule has 0 bridgehead atoms. The van der Waals surface area contributed by atoms with E-state index in [2.05, 4.69) is 0 Å².